The summed E-state index contributed by atoms with van der Waals surface area (Å²) in [6, 6.07) is 6.98. The van der Waals surface area contributed by atoms with Crippen molar-refractivity contribution in [2.45, 2.75) is 19.1 Å². The largest absolute Gasteiger partial charge is 0.375 e. The summed E-state index contributed by atoms with van der Waals surface area (Å²) in [7, 11) is 0. The van der Waals surface area contributed by atoms with E-state index in [1.807, 2.05) is 25.1 Å². The highest BCUT2D eigenvalue weighted by Gasteiger charge is 2.28. The van der Waals surface area contributed by atoms with Crippen molar-refractivity contribution in [2.24, 2.45) is 0 Å². The van der Waals surface area contributed by atoms with Crippen molar-refractivity contribution in [1.29, 1.82) is 0 Å². The van der Waals surface area contributed by atoms with Crippen molar-refractivity contribution in [3.05, 3.63) is 29.3 Å². The molecule has 0 unspecified atom stereocenters. The predicted octanol–water partition coefficient (Wildman–Crippen LogP) is 2.17. The van der Waals surface area contributed by atoms with Crippen LogP contribution in [0.15, 0.2) is 24.3 Å². The number of rotatable bonds is 3. The second kappa shape index (κ2) is 6.70. The third-order valence-electron chi connectivity index (χ3n) is 3.33. The number of carbonyl (C=O) groups excluding carboxylic acids is 1. The number of nitrogens with zero attached hydrogens (tertiary/aromatic N) is 2. The van der Waals surface area contributed by atoms with E-state index >= 15 is 0 Å². The molecule has 0 bridgehead atoms. The van der Waals surface area contributed by atoms with Gasteiger partial charge in [0.15, 0.2) is 0 Å². The van der Waals surface area contributed by atoms with Gasteiger partial charge in [0, 0.05) is 17.1 Å². The number of nitrogens with one attached hydrogen (secondary N) is 2. The molecule has 6 nitrogen and oxygen atoms in total. The van der Waals surface area contributed by atoms with Crippen molar-refractivity contribution >= 4 is 34.0 Å². The molecule has 22 heavy (non-hydrogen) atoms. The fourth-order valence-corrected chi connectivity index (χ4v) is 3.16. The lowest BCUT2D eigenvalue weighted by Gasteiger charge is -2.28. The minimum Gasteiger partial charge on any atom is -0.375 e. The Balaban J connectivity index is 1.70. The molecule has 1 aromatic heterocycles. The zero-order chi connectivity index (χ0) is 15.5. The van der Waals surface area contributed by atoms with Crippen LogP contribution in [0.4, 0.5) is 5.13 Å². The van der Waals surface area contributed by atoms with E-state index in [-0.39, 0.29) is 18.1 Å². The molecule has 1 aromatic carbocycles. The molecule has 3 rings (SSSR count). The predicted molar refractivity (Wildman–Crippen MR) is 86.2 cm³/mol. The Labute approximate surface area is 136 Å². The van der Waals surface area contributed by atoms with Gasteiger partial charge < -0.3 is 10.1 Å². The first-order valence-corrected chi connectivity index (χ1v) is 8.08. The van der Waals surface area contributed by atoms with Gasteiger partial charge in [-0.1, -0.05) is 35.1 Å². The summed E-state index contributed by atoms with van der Waals surface area (Å²) in [5.74, 6) is -0.166. The van der Waals surface area contributed by atoms with Gasteiger partial charge in [-0.2, -0.15) is 0 Å². The molecule has 2 heterocycles. The molecular weight excluding hydrogens is 324 g/mol. The summed E-state index contributed by atoms with van der Waals surface area (Å²) >= 11 is 7.27. The zero-order valence-electron chi connectivity index (χ0n) is 11.9. The topological polar surface area (TPSA) is 76.1 Å². The molecule has 2 aromatic rings. The fourth-order valence-electron chi connectivity index (χ4n) is 2.22. The van der Waals surface area contributed by atoms with Crippen LogP contribution in [-0.2, 0) is 9.53 Å². The summed E-state index contributed by atoms with van der Waals surface area (Å²) in [5.41, 5.74) is 0.873. The smallest absolute Gasteiger partial charge is 0.246 e. The van der Waals surface area contributed by atoms with Crippen molar-refractivity contribution in [1.82, 2.24) is 15.5 Å². The van der Waals surface area contributed by atoms with Crippen LogP contribution in [0.5, 0.6) is 0 Å². The molecule has 1 aliphatic rings. The molecule has 0 saturated carbocycles. The average molecular weight is 339 g/mol. The van der Waals surface area contributed by atoms with Gasteiger partial charge in [0.25, 0.3) is 0 Å². The van der Waals surface area contributed by atoms with E-state index in [4.69, 9.17) is 16.3 Å². The molecule has 2 atom stereocenters. The molecule has 2 N–H and O–H groups in total. The standard InChI is InChI=1S/C14H15ClN4O2S/c1-8-11(16-5-6-21-8)12(20)17-14-19-18-13(22-14)9-3-2-4-10(15)7-9/h2-4,7-8,11,16H,5-6H2,1H3,(H,17,19,20)/t8-,11+/m1/s1. The number of ether oxygens (including phenoxy) is 1. The summed E-state index contributed by atoms with van der Waals surface area (Å²) in [4.78, 5) is 12.2. The van der Waals surface area contributed by atoms with Gasteiger partial charge in [0.1, 0.15) is 11.0 Å². The molecular formula is C14H15ClN4O2S. The van der Waals surface area contributed by atoms with Crippen LogP contribution in [0.2, 0.25) is 5.02 Å². The van der Waals surface area contributed by atoms with Gasteiger partial charge in [0.05, 0.1) is 12.7 Å². The molecule has 8 heteroatoms. The molecule has 0 spiro atoms. The van der Waals surface area contributed by atoms with Crippen LogP contribution in [0, 0.1) is 0 Å². The minimum absolute atomic E-state index is 0.166. The maximum atomic E-state index is 12.2. The summed E-state index contributed by atoms with van der Waals surface area (Å²) in [6.07, 6.45) is -0.172. The molecule has 0 aliphatic carbocycles. The van der Waals surface area contributed by atoms with E-state index in [0.717, 1.165) is 5.56 Å². The van der Waals surface area contributed by atoms with Crippen LogP contribution in [0.1, 0.15) is 6.92 Å². The first kappa shape index (κ1) is 15.4. The summed E-state index contributed by atoms with van der Waals surface area (Å²) in [5, 5.41) is 15.8. The highest BCUT2D eigenvalue weighted by Crippen LogP contribution is 2.28. The van der Waals surface area contributed by atoms with Gasteiger partial charge in [-0.3, -0.25) is 10.1 Å². The van der Waals surface area contributed by atoms with Crippen LogP contribution < -0.4 is 10.6 Å². The van der Waals surface area contributed by atoms with Crippen molar-refractivity contribution in [3.63, 3.8) is 0 Å². The Morgan fingerprint density at radius 1 is 1.50 bits per heavy atom. The van der Waals surface area contributed by atoms with Gasteiger partial charge in [-0.25, -0.2) is 0 Å². The molecule has 1 fully saturated rings. The van der Waals surface area contributed by atoms with Crippen molar-refractivity contribution in [2.75, 3.05) is 18.5 Å². The number of hydrogen-bond acceptors (Lipinski definition) is 6. The van der Waals surface area contributed by atoms with Crippen LogP contribution in [0.3, 0.4) is 0 Å². The highest BCUT2D eigenvalue weighted by molar-refractivity contribution is 7.18. The number of aromatic nitrogens is 2. The van der Waals surface area contributed by atoms with E-state index in [0.29, 0.717) is 28.3 Å². The number of anilines is 1. The Morgan fingerprint density at radius 3 is 3.14 bits per heavy atom. The summed E-state index contributed by atoms with van der Waals surface area (Å²) in [6.45, 7) is 3.14. The van der Waals surface area contributed by atoms with Crippen molar-refractivity contribution in [3.8, 4) is 10.6 Å². The van der Waals surface area contributed by atoms with Gasteiger partial charge in [0.2, 0.25) is 11.0 Å². The fraction of sp³-hybridized carbons (Fsp3) is 0.357. The number of benzene rings is 1. The Hall–Kier alpha value is -1.54. The van der Waals surface area contributed by atoms with E-state index < -0.39 is 0 Å². The number of morpholine rings is 1. The van der Waals surface area contributed by atoms with E-state index in [2.05, 4.69) is 20.8 Å². The average Bonchev–Trinajstić information content (AvgIpc) is 2.96. The number of halogens is 1. The molecule has 0 radical (unpaired) electrons. The normalized spacial score (nSPS) is 21.5. The summed E-state index contributed by atoms with van der Waals surface area (Å²) < 4.78 is 5.47. The van der Waals surface area contributed by atoms with Crippen molar-refractivity contribution < 1.29 is 9.53 Å². The lowest BCUT2D eigenvalue weighted by Crippen LogP contribution is -2.53. The van der Waals surface area contributed by atoms with E-state index in [1.54, 1.807) is 6.07 Å². The lowest BCUT2D eigenvalue weighted by molar-refractivity contribution is -0.123. The second-order valence-corrected chi connectivity index (χ2v) is 6.33. The molecule has 1 aliphatic heterocycles. The Kier molecular flexibility index (Phi) is 4.68. The van der Waals surface area contributed by atoms with Gasteiger partial charge in [-0.05, 0) is 19.1 Å². The third kappa shape index (κ3) is 3.44. The van der Waals surface area contributed by atoms with E-state index in [1.165, 1.54) is 11.3 Å². The zero-order valence-corrected chi connectivity index (χ0v) is 13.4. The van der Waals surface area contributed by atoms with Crippen LogP contribution >= 0.6 is 22.9 Å². The number of hydrogen-bond donors (Lipinski definition) is 2. The number of carbonyl (C=O) groups is 1. The Bertz CT molecular complexity index is 678. The first-order chi connectivity index (χ1) is 10.6. The van der Waals surface area contributed by atoms with Crippen LogP contribution in [-0.4, -0.2) is 41.4 Å². The monoisotopic (exact) mass is 338 g/mol. The Morgan fingerprint density at radius 2 is 2.36 bits per heavy atom. The molecule has 1 saturated heterocycles. The number of amides is 1. The lowest BCUT2D eigenvalue weighted by atomic mass is 10.1. The van der Waals surface area contributed by atoms with Gasteiger partial charge in [-0.15, -0.1) is 10.2 Å². The van der Waals surface area contributed by atoms with Crippen LogP contribution in [0.25, 0.3) is 10.6 Å². The first-order valence-electron chi connectivity index (χ1n) is 6.89. The maximum Gasteiger partial charge on any atom is 0.246 e. The van der Waals surface area contributed by atoms with Gasteiger partial charge >= 0.3 is 0 Å². The van der Waals surface area contributed by atoms with E-state index in [9.17, 15) is 4.79 Å². The molecule has 116 valence electrons. The molecule has 1 amide bonds. The quantitative estimate of drug-likeness (QED) is 0.897. The third-order valence-corrected chi connectivity index (χ3v) is 4.45. The maximum absolute atomic E-state index is 12.2. The second-order valence-electron chi connectivity index (χ2n) is 4.92. The highest BCUT2D eigenvalue weighted by atomic mass is 35.5. The minimum atomic E-state index is -0.382. The SMILES string of the molecule is C[C@H]1OCCN[C@@H]1C(=O)Nc1nnc(-c2cccc(Cl)c2)s1.